The molecule has 1 aromatic rings. The second-order valence-corrected chi connectivity index (χ2v) is 7.30. The van der Waals surface area contributed by atoms with Gasteiger partial charge in [0.25, 0.3) is 5.91 Å². The molecule has 148 valence electrons. The number of amides is 2. The highest BCUT2D eigenvalue weighted by Crippen LogP contribution is 2.21. The highest BCUT2D eigenvalue weighted by Gasteiger charge is 2.36. The lowest BCUT2D eigenvalue weighted by Crippen LogP contribution is -2.60. The Morgan fingerprint density at radius 3 is 1.92 bits per heavy atom. The Kier molecular flexibility index (Phi) is 8.86. The molecule has 0 spiro atoms. The maximum Gasteiger partial charge on any atom is 0.410 e. The topological polar surface area (TPSA) is 49.9 Å². The minimum atomic E-state index is -0.551. The lowest BCUT2D eigenvalue weighted by molar-refractivity contribution is -0.00488. The van der Waals surface area contributed by atoms with E-state index in [0.29, 0.717) is 18.7 Å². The van der Waals surface area contributed by atoms with Crippen molar-refractivity contribution in [2.45, 2.75) is 52.3 Å². The monoisotopic (exact) mass is 408 g/mol. The van der Waals surface area contributed by atoms with Gasteiger partial charge in [0.1, 0.15) is 11.4 Å². The molecule has 26 heavy (non-hydrogen) atoms. The summed E-state index contributed by atoms with van der Waals surface area (Å²) in [6.45, 7) is 10.1. The molecule has 2 rings (SSSR count). The van der Waals surface area contributed by atoms with E-state index in [1.807, 2.05) is 34.6 Å². The van der Waals surface area contributed by atoms with Crippen molar-refractivity contribution in [3.63, 3.8) is 0 Å². The van der Waals surface area contributed by atoms with Crippen LogP contribution in [-0.2, 0) is 4.74 Å². The fourth-order valence-corrected chi connectivity index (χ4v) is 2.94. The van der Waals surface area contributed by atoms with Gasteiger partial charge in [-0.25, -0.2) is 9.18 Å². The van der Waals surface area contributed by atoms with Crippen molar-refractivity contribution in [2.75, 3.05) is 13.1 Å². The Bertz CT molecular complexity index is 608. The third kappa shape index (κ3) is 6.02. The van der Waals surface area contributed by atoms with Crippen molar-refractivity contribution < 1.29 is 18.7 Å². The highest BCUT2D eigenvalue weighted by atomic mass is 35.5. The first-order valence-electron chi connectivity index (χ1n) is 8.14. The van der Waals surface area contributed by atoms with E-state index in [2.05, 4.69) is 0 Å². The van der Waals surface area contributed by atoms with Gasteiger partial charge in [0.15, 0.2) is 0 Å². The molecule has 1 fully saturated rings. The fraction of sp³-hybridized carbons (Fsp3) is 0.556. The van der Waals surface area contributed by atoms with Crippen molar-refractivity contribution in [1.29, 1.82) is 0 Å². The SMILES string of the molecule is CC1CN(C(=O)OC(C)(C)C)CC(C)N1C(=O)c1ccc(F)cc1.Cl.Cl. The molecule has 0 N–H and O–H groups in total. The standard InChI is InChI=1S/C18H25FN2O3.2ClH/c1-12-10-20(17(23)24-18(3,4)5)11-13(2)21(12)16(22)14-6-8-15(19)9-7-14;;/h6-9,12-13H,10-11H2,1-5H3;2*1H. The summed E-state index contributed by atoms with van der Waals surface area (Å²) in [6, 6.07) is 5.21. The minimum Gasteiger partial charge on any atom is -0.444 e. The van der Waals surface area contributed by atoms with Gasteiger partial charge in [-0.15, -0.1) is 24.8 Å². The molecule has 2 unspecified atom stereocenters. The molecule has 1 aromatic carbocycles. The number of carbonyl (C=O) groups is 2. The number of nitrogens with zero attached hydrogens (tertiary/aromatic N) is 2. The van der Waals surface area contributed by atoms with Crippen molar-refractivity contribution in [2.24, 2.45) is 0 Å². The Morgan fingerprint density at radius 1 is 1.04 bits per heavy atom. The number of ether oxygens (including phenoxy) is 1. The van der Waals surface area contributed by atoms with Gasteiger partial charge in [-0.1, -0.05) is 0 Å². The van der Waals surface area contributed by atoms with Gasteiger partial charge in [0, 0.05) is 30.7 Å². The molecule has 0 radical (unpaired) electrons. The van der Waals surface area contributed by atoms with Gasteiger partial charge in [-0.2, -0.15) is 0 Å². The van der Waals surface area contributed by atoms with Gasteiger partial charge >= 0.3 is 6.09 Å². The third-order valence-electron chi connectivity index (χ3n) is 3.90. The first kappa shape index (κ1) is 24.5. The zero-order valence-corrected chi connectivity index (χ0v) is 17.3. The molecule has 0 aliphatic carbocycles. The fourth-order valence-electron chi connectivity index (χ4n) is 2.94. The largest absolute Gasteiger partial charge is 0.444 e. The van der Waals surface area contributed by atoms with Crippen LogP contribution in [0.25, 0.3) is 0 Å². The summed E-state index contributed by atoms with van der Waals surface area (Å²) < 4.78 is 18.4. The summed E-state index contributed by atoms with van der Waals surface area (Å²) in [4.78, 5) is 28.3. The normalized spacial score (nSPS) is 19.9. The molecule has 1 aliphatic rings. The first-order valence-corrected chi connectivity index (χ1v) is 8.14. The quantitative estimate of drug-likeness (QED) is 0.701. The molecule has 8 heteroatoms. The van der Waals surface area contributed by atoms with Crippen molar-refractivity contribution >= 4 is 36.8 Å². The van der Waals surface area contributed by atoms with Gasteiger partial charge < -0.3 is 14.5 Å². The van der Waals surface area contributed by atoms with Crippen molar-refractivity contribution in [1.82, 2.24) is 9.80 Å². The van der Waals surface area contributed by atoms with Crippen LogP contribution in [0.3, 0.4) is 0 Å². The van der Waals surface area contributed by atoms with E-state index < -0.39 is 5.60 Å². The lowest BCUT2D eigenvalue weighted by Gasteiger charge is -2.44. The second-order valence-electron chi connectivity index (χ2n) is 7.30. The molecule has 1 aliphatic heterocycles. The van der Waals surface area contributed by atoms with Gasteiger partial charge in [0.2, 0.25) is 0 Å². The summed E-state index contributed by atoms with van der Waals surface area (Å²) in [6.07, 6.45) is -0.366. The van der Waals surface area contributed by atoms with E-state index in [9.17, 15) is 14.0 Å². The van der Waals surface area contributed by atoms with E-state index in [4.69, 9.17) is 4.74 Å². The smallest absolute Gasteiger partial charge is 0.410 e. The number of rotatable bonds is 1. The van der Waals surface area contributed by atoms with Crippen LogP contribution >= 0.6 is 24.8 Å². The Balaban J connectivity index is 0.00000312. The van der Waals surface area contributed by atoms with Crippen LogP contribution in [0.5, 0.6) is 0 Å². The molecular formula is C18H27Cl2FN2O3. The average molecular weight is 409 g/mol. The molecule has 0 saturated carbocycles. The summed E-state index contributed by atoms with van der Waals surface area (Å²) in [5.41, 5.74) is -0.106. The molecule has 5 nitrogen and oxygen atoms in total. The molecule has 2 atom stereocenters. The number of carbonyl (C=O) groups excluding carboxylic acids is 2. The number of piperazine rings is 1. The van der Waals surface area contributed by atoms with Gasteiger partial charge in [-0.05, 0) is 58.9 Å². The summed E-state index contributed by atoms with van der Waals surface area (Å²) >= 11 is 0. The van der Waals surface area contributed by atoms with Crippen LogP contribution < -0.4 is 0 Å². The van der Waals surface area contributed by atoms with E-state index in [0.717, 1.165) is 0 Å². The number of halogens is 3. The lowest BCUT2D eigenvalue weighted by atomic mass is 10.1. The predicted octanol–water partition coefficient (Wildman–Crippen LogP) is 4.14. The minimum absolute atomic E-state index is 0. The molecule has 1 heterocycles. The van der Waals surface area contributed by atoms with E-state index in [1.165, 1.54) is 24.3 Å². The van der Waals surface area contributed by atoms with Crippen LogP contribution in [0.15, 0.2) is 24.3 Å². The maximum absolute atomic E-state index is 13.0. The summed E-state index contributed by atoms with van der Waals surface area (Å²) in [5, 5.41) is 0. The Hall–Kier alpha value is -1.53. The van der Waals surface area contributed by atoms with Crippen LogP contribution in [0.2, 0.25) is 0 Å². The first-order chi connectivity index (χ1) is 11.1. The van der Waals surface area contributed by atoms with Crippen molar-refractivity contribution in [3.05, 3.63) is 35.6 Å². The van der Waals surface area contributed by atoms with Gasteiger partial charge in [0.05, 0.1) is 0 Å². The highest BCUT2D eigenvalue weighted by molar-refractivity contribution is 5.94. The number of hydrogen-bond donors (Lipinski definition) is 0. The average Bonchev–Trinajstić information content (AvgIpc) is 2.45. The predicted molar refractivity (Wildman–Crippen MR) is 104 cm³/mol. The molecule has 0 bridgehead atoms. The maximum atomic E-state index is 13.0. The zero-order chi connectivity index (χ0) is 18.1. The number of hydrogen-bond acceptors (Lipinski definition) is 3. The molecule has 1 saturated heterocycles. The van der Waals surface area contributed by atoms with Crippen LogP contribution in [0.4, 0.5) is 9.18 Å². The molecular weight excluding hydrogens is 382 g/mol. The van der Waals surface area contributed by atoms with Crippen LogP contribution in [-0.4, -0.2) is 52.6 Å². The van der Waals surface area contributed by atoms with Crippen molar-refractivity contribution in [3.8, 4) is 0 Å². The molecule has 0 aromatic heterocycles. The Morgan fingerprint density at radius 2 is 1.50 bits per heavy atom. The summed E-state index contributed by atoms with van der Waals surface area (Å²) in [5.74, 6) is -0.527. The van der Waals surface area contributed by atoms with Crippen LogP contribution in [0, 0.1) is 5.82 Å². The van der Waals surface area contributed by atoms with E-state index >= 15 is 0 Å². The Labute approximate surface area is 166 Å². The van der Waals surface area contributed by atoms with Gasteiger partial charge in [-0.3, -0.25) is 4.79 Å². The van der Waals surface area contributed by atoms with E-state index in [1.54, 1.807) is 9.80 Å². The second kappa shape index (κ2) is 9.42. The zero-order valence-electron chi connectivity index (χ0n) is 15.7. The number of benzene rings is 1. The summed E-state index contributed by atoms with van der Waals surface area (Å²) in [7, 11) is 0. The molecule has 2 amide bonds. The van der Waals surface area contributed by atoms with E-state index in [-0.39, 0.29) is 54.7 Å². The van der Waals surface area contributed by atoms with Crippen LogP contribution in [0.1, 0.15) is 45.0 Å². The third-order valence-corrected chi connectivity index (χ3v) is 3.90.